The van der Waals surface area contributed by atoms with Crippen LogP contribution < -0.4 is 9.80 Å². The first kappa shape index (κ1) is 35.5. The maximum Gasteiger partial charge on any atom is 0.0543 e. The fourth-order valence-electron chi connectivity index (χ4n) is 10.5. The molecule has 2 nitrogen and oxygen atoms in total. The van der Waals surface area contributed by atoms with Crippen molar-refractivity contribution in [1.82, 2.24) is 0 Å². The zero-order valence-electron chi connectivity index (χ0n) is 34.7. The lowest BCUT2D eigenvalue weighted by Gasteiger charge is -2.46. The van der Waals surface area contributed by atoms with Gasteiger partial charge in [0, 0.05) is 44.9 Å². The summed E-state index contributed by atoms with van der Waals surface area (Å²) in [4.78, 5) is 4.87. The number of rotatable bonds is 5. The number of fused-ring (bicyclic) bond motifs is 6. The van der Waals surface area contributed by atoms with Gasteiger partial charge >= 0.3 is 0 Å². The van der Waals surface area contributed by atoms with Crippen molar-refractivity contribution in [3.63, 3.8) is 0 Å². The first-order chi connectivity index (χ1) is 28.5. The Morgan fingerprint density at radius 2 is 1.03 bits per heavy atom. The topological polar surface area (TPSA) is 6.48 Å². The second-order valence-corrected chi connectivity index (χ2v) is 18.3. The Labute approximate surface area is 348 Å². The van der Waals surface area contributed by atoms with Crippen LogP contribution in [0.2, 0.25) is 0 Å². The number of allylic oxidation sites excluding steroid dienone is 1. The summed E-state index contributed by atoms with van der Waals surface area (Å²) in [7, 11) is 0. The van der Waals surface area contributed by atoms with Gasteiger partial charge < -0.3 is 9.80 Å². The number of benzene rings is 8. The predicted molar refractivity (Wildman–Crippen MR) is 250 cm³/mol. The predicted octanol–water partition coefficient (Wildman–Crippen LogP) is 15.5. The van der Waals surface area contributed by atoms with Crippen LogP contribution in [0.3, 0.4) is 0 Å². The Morgan fingerprint density at radius 3 is 1.83 bits per heavy atom. The highest BCUT2D eigenvalue weighted by atomic mass is 15.2. The molecule has 2 aliphatic heterocycles. The highest BCUT2D eigenvalue weighted by molar-refractivity contribution is 5.99. The standard InChI is InChI=1S/C57H48N2/c1-55(2)34-35-58-52-20-12-11-19-48(52)57(5,6)49-33-32-44(53(55)54(49)58)40-24-22-37(23-25-40)38-26-28-41(29-27-38)59(51-21-13-15-39-14-7-8-16-43(39)51)42-30-31-46-45-17-9-10-18-47(45)56(3,4)50(46)36-42/h7-36H,1-6H3. The highest BCUT2D eigenvalue weighted by Crippen LogP contribution is 2.57. The lowest BCUT2D eigenvalue weighted by atomic mass is 9.68. The van der Waals surface area contributed by atoms with Crippen molar-refractivity contribution >= 4 is 39.2 Å². The van der Waals surface area contributed by atoms with E-state index in [1.807, 2.05) is 0 Å². The van der Waals surface area contributed by atoms with E-state index in [9.17, 15) is 0 Å². The summed E-state index contributed by atoms with van der Waals surface area (Å²) in [6.07, 6.45) is 4.67. The van der Waals surface area contributed by atoms with Crippen LogP contribution in [0.1, 0.15) is 69.4 Å². The van der Waals surface area contributed by atoms with Gasteiger partial charge in [-0.1, -0.05) is 181 Å². The van der Waals surface area contributed by atoms with E-state index in [1.54, 1.807) is 0 Å². The first-order valence-corrected chi connectivity index (χ1v) is 21.0. The SMILES string of the molecule is CC1(C)C=CN2c3ccccc3C(C)(C)c3ccc(-c4ccc(-c5ccc(N(c6ccc7c(c6)C(C)(C)c6ccccc6-7)c6cccc7ccccc67)cc5)cc4)c1c32. The lowest BCUT2D eigenvalue weighted by molar-refractivity contribution is 0.609. The molecule has 0 saturated heterocycles. The number of nitrogens with zero attached hydrogens (tertiary/aromatic N) is 2. The quantitative estimate of drug-likeness (QED) is 0.172. The average molecular weight is 761 g/mol. The van der Waals surface area contributed by atoms with Gasteiger partial charge in [0.1, 0.15) is 0 Å². The Kier molecular flexibility index (Phi) is 7.63. The summed E-state index contributed by atoms with van der Waals surface area (Å²) in [6.45, 7) is 14.2. The molecule has 0 unspecified atom stereocenters. The molecule has 8 aromatic carbocycles. The fourth-order valence-corrected chi connectivity index (χ4v) is 10.5. The molecule has 0 atom stereocenters. The zero-order chi connectivity index (χ0) is 40.3. The molecule has 2 heterocycles. The van der Waals surface area contributed by atoms with Crippen LogP contribution >= 0.6 is 0 Å². The molecular weight excluding hydrogens is 713 g/mol. The maximum absolute atomic E-state index is 2.44. The molecule has 0 fully saturated rings. The number of para-hydroxylation sites is 1. The van der Waals surface area contributed by atoms with E-state index in [0.29, 0.717) is 0 Å². The molecule has 1 aliphatic carbocycles. The van der Waals surface area contributed by atoms with Crippen molar-refractivity contribution in [3.05, 3.63) is 210 Å². The average Bonchev–Trinajstić information content (AvgIpc) is 3.49. The molecule has 0 aromatic heterocycles. The maximum atomic E-state index is 2.44. The molecule has 11 rings (SSSR count). The van der Waals surface area contributed by atoms with Crippen molar-refractivity contribution in [2.45, 2.75) is 57.8 Å². The second kappa shape index (κ2) is 12.7. The minimum Gasteiger partial charge on any atom is -0.317 e. The number of anilines is 5. The Hall–Kier alpha value is -6.64. The third-order valence-electron chi connectivity index (χ3n) is 13.7. The lowest BCUT2D eigenvalue weighted by Crippen LogP contribution is -2.35. The van der Waals surface area contributed by atoms with Crippen LogP contribution in [0.4, 0.5) is 28.4 Å². The van der Waals surface area contributed by atoms with Crippen LogP contribution in [-0.4, -0.2) is 0 Å². The summed E-state index contributed by atoms with van der Waals surface area (Å²) in [6, 6.07) is 63.3. The van der Waals surface area contributed by atoms with Gasteiger partial charge in [0.15, 0.2) is 0 Å². The van der Waals surface area contributed by atoms with Crippen LogP contribution in [0, 0.1) is 0 Å². The van der Waals surface area contributed by atoms with Gasteiger partial charge in [-0.05, 0) is 103 Å². The van der Waals surface area contributed by atoms with E-state index in [2.05, 4.69) is 233 Å². The normalized spacial score (nSPS) is 15.9. The molecule has 0 spiro atoms. The molecule has 59 heavy (non-hydrogen) atoms. The van der Waals surface area contributed by atoms with Crippen molar-refractivity contribution in [2.24, 2.45) is 0 Å². The van der Waals surface area contributed by atoms with Gasteiger partial charge in [0.2, 0.25) is 0 Å². The highest BCUT2D eigenvalue weighted by Gasteiger charge is 2.42. The van der Waals surface area contributed by atoms with Crippen LogP contribution in [0.5, 0.6) is 0 Å². The van der Waals surface area contributed by atoms with Crippen molar-refractivity contribution in [2.75, 3.05) is 9.80 Å². The van der Waals surface area contributed by atoms with Gasteiger partial charge in [0.05, 0.1) is 11.4 Å². The molecule has 8 aromatic rings. The summed E-state index contributed by atoms with van der Waals surface area (Å²) >= 11 is 0. The molecule has 0 saturated carbocycles. The summed E-state index contributed by atoms with van der Waals surface area (Å²) in [5, 5.41) is 2.46. The molecule has 3 aliphatic rings. The molecule has 286 valence electrons. The largest absolute Gasteiger partial charge is 0.317 e. The Bertz CT molecular complexity index is 3010. The van der Waals surface area contributed by atoms with E-state index < -0.39 is 0 Å². The molecule has 0 amide bonds. The Morgan fingerprint density at radius 1 is 0.441 bits per heavy atom. The van der Waals surface area contributed by atoms with Gasteiger partial charge in [-0.2, -0.15) is 0 Å². The van der Waals surface area contributed by atoms with E-state index >= 15 is 0 Å². The van der Waals surface area contributed by atoms with Crippen molar-refractivity contribution in [3.8, 4) is 33.4 Å². The van der Waals surface area contributed by atoms with Crippen LogP contribution in [-0.2, 0) is 16.2 Å². The van der Waals surface area contributed by atoms with Crippen molar-refractivity contribution < 1.29 is 0 Å². The van der Waals surface area contributed by atoms with Gasteiger partial charge in [-0.15, -0.1) is 0 Å². The van der Waals surface area contributed by atoms with E-state index in [0.717, 1.165) is 11.4 Å². The summed E-state index contributed by atoms with van der Waals surface area (Å²) in [5.74, 6) is 0. The zero-order valence-corrected chi connectivity index (χ0v) is 34.7. The molecule has 0 N–H and O–H groups in total. The van der Waals surface area contributed by atoms with Gasteiger partial charge in [-0.25, -0.2) is 0 Å². The van der Waals surface area contributed by atoms with Crippen LogP contribution in [0.15, 0.2) is 182 Å². The van der Waals surface area contributed by atoms with Crippen molar-refractivity contribution in [1.29, 1.82) is 0 Å². The monoisotopic (exact) mass is 760 g/mol. The summed E-state index contributed by atoms with van der Waals surface area (Å²) in [5.41, 5.74) is 20.3. The molecular formula is C57H48N2. The van der Waals surface area contributed by atoms with Gasteiger partial charge in [0.25, 0.3) is 0 Å². The minimum absolute atomic E-state index is 0.0902. The summed E-state index contributed by atoms with van der Waals surface area (Å²) < 4.78 is 0. The molecule has 2 heteroatoms. The first-order valence-electron chi connectivity index (χ1n) is 21.0. The van der Waals surface area contributed by atoms with Gasteiger partial charge in [-0.3, -0.25) is 0 Å². The smallest absolute Gasteiger partial charge is 0.0543 e. The van der Waals surface area contributed by atoms with E-state index in [4.69, 9.17) is 0 Å². The minimum atomic E-state index is -0.122. The third-order valence-corrected chi connectivity index (χ3v) is 13.7. The Balaban J connectivity index is 0.973. The van der Waals surface area contributed by atoms with Crippen LogP contribution in [0.25, 0.3) is 44.2 Å². The third kappa shape index (κ3) is 5.25. The second-order valence-electron chi connectivity index (χ2n) is 18.3. The van der Waals surface area contributed by atoms with E-state index in [1.165, 1.54) is 89.0 Å². The number of hydrogen-bond acceptors (Lipinski definition) is 2. The fraction of sp³-hybridized carbons (Fsp3) is 0.158. The molecule has 0 bridgehead atoms. The van der Waals surface area contributed by atoms with E-state index in [-0.39, 0.29) is 16.2 Å². The molecule has 0 radical (unpaired) electrons. The number of hydrogen-bond donors (Lipinski definition) is 0.